The molecule has 2 aromatic heterocycles. The van der Waals surface area contributed by atoms with Gasteiger partial charge in [0.2, 0.25) is 0 Å². The molecule has 3 rings (SSSR count). The number of aromatic nitrogens is 4. The van der Waals surface area contributed by atoms with Crippen LogP contribution in [-0.2, 0) is 19.5 Å². The summed E-state index contributed by atoms with van der Waals surface area (Å²) in [5.74, 6) is 1.97. The van der Waals surface area contributed by atoms with Crippen molar-refractivity contribution >= 4 is 0 Å². The van der Waals surface area contributed by atoms with E-state index in [1.807, 2.05) is 42.9 Å². The maximum absolute atomic E-state index is 5.22. The van der Waals surface area contributed by atoms with Gasteiger partial charge in [0, 0.05) is 49.1 Å². The molecule has 0 fully saturated rings. The molecule has 1 aromatic carbocycles. The van der Waals surface area contributed by atoms with Crippen LogP contribution in [0.4, 0.5) is 0 Å². The molecule has 0 amide bonds. The smallest absolute Gasteiger partial charge is 0.118 e. The average molecular weight is 339 g/mol. The number of rotatable bonds is 8. The minimum atomic E-state index is 0.332. The SMILES string of the molecule is CCc1nccn1C[C@H](C)NCc1cn[nH]c1-c1ccc(OC)cc1. The number of methoxy groups -OCH3 is 1. The summed E-state index contributed by atoms with van der Waals surface area (Å²) in [6, 6.07) is 8.33. The van der Waals surface area contributed by atoms with Crippen LogP contribution in [0.3, 0.4) is 0 Å². The molecule has 0 saturated heterocycles. The predicted molar refractivity (Wildman–Crippen MR) is 98.5 cm³/mol. The van der Waals surface area contributed by atoms with E-state index in [0.29, 0.717) is 6.04 Å². The maximum Gasteiger partial charge on any atom is 0.118 e. The van der Waals surface area contributed by atoms with Gasteiger partial charge in [0.15, 0.2) is 0 Å². The molecule has 2 N–H and O–H groups in total. The summed E-state index contributed by atoms with van der Waals surface area (Å²) in [5.41, 5.74) is 3.29. The van der Waals surface area contributed by atoms with Crippen molar-refractivity contribution in [1.82, 2.24) is 25.1 Å². The van der Waals surface area contributed by atoms with E-state index in [2.05, 4.69) is 38.9 Å². The van der Waals surface area contributed by atoms with Crippen LogP contribution >= 0.6 is 0 Å². The molecule has 0 aliphatic rings. The monoisotopic (exact) mass is 339 g/mol. The van der Waals surface area contributed by atoms with Gasteiger partial charge >= 0.3 is 0 Å². The Kier molecular flexibility index (Phi) is 5.50. The van der Waals surface area contributed by atoms with Gasteiger partial charge in [-0.2, -0.15) is 5.10 Å². The van der Waals surface area contributed by atoms with Crippen LogP contribution in [0.1, 0.15) is 25.2 Å². The number of aryl methyl sites for hydroxylation is 1. The normalized spacial score (nSPS) is 12.3. The first-order valence-corrected chi connectivity index (χ1v) is 8.61. The minimum Gasteiger partial charge on any atom is -0.497 e. The van der Waals surface area contributed by atoms with E-state index < -0.39 is 0 Å². The molecule has 25 heavy (non-hydrogen) atoms. The minimum absolute atomic E-state index is 0.332. The molecule has 132 valence electrons. The van der Waals surface area contributed by atoms with E-state index >= 15 is 0 Å². The second-order valence-corrected chi connectivity index (χ2v) is 6.13. The number of benzene rings is 1. The fourth-order valence-electron chi connectivity index (χ4n) is 2.92. The van der Waals surface area contributed by atoms with Gasteiger partial charge in [0.1, 0.15) is 11.6 Å². The molecule has 2 heterocycles. The standard InChI is InChI=1S/C19H25N5O/c1-4-18-20-9-10-24(18)13-14(2)21-11-16-12-22-23-19(16)15-5-7-17(25-3)8-6-15/h5-10,12,14,21H,4,11,13H2,1-3H3,(H,22,23)/t14-/m0/s1. The van der Waals surface area contributed by atoms with Gasteiger partial charge in [-0.25, -0.2) is 4.98 Å². The van der Waals surface area contributed by atoms with Gasteiger partial charge in [0.05, 0.1) is 19.0 Å². The number of aromatic amines is 1. The number of nitrogens with one attached hydrogen (secondary N) is 2. The van der Waals surface area contributed by atoms with Crippen LogP contribution in [0, 0.1) is 0 Å². The quantitative estimate of drug-likeness (QED) is 0.662. The lowest BCUT2D eigenvalue weighted by Gasteiger charge is -2.16. The van der Waals surface area contributed by atoms with Gasteiger partial charge in [0.25, 0.3) is 0 Å². The van der Waals surface area contributed by atoms with E-state index in [4.69, 9.17) is 4.74 Å². The Balaban J connectivity index is 1.63. The molecule has 0 spiro atoms. The molecular formula is C19H25N5O. The number of H-pyrrole nitrogens is 1. The molecule has 0 aliphatic carbocycles. The molecule has 3 aromatic rings. The highest BCUT2D eigenvalue weighted by molar-refractivity contribution is 5.63. The number of imidazole rings is 1. The first kappa shape index (κ1) is 17.2. The largest absolute Gasteiger partial charge is 0.497 e. The van der Waals surface area contributed by atoms with Crippen LogP contribution in [0.15, 0.2) is 42.9 Å². The fourth-order valence-corrected chi connectivity index (χ4v) is 2.92. The zero-order chi connectivity index (χ0) is 17.6. The zero-order valence-electron chi connectivity index (χ0n) is 15.0. The van der Waals surface area contributed by atoms with Gasteiger partial charge in [-0.05, 0) is 31.2 Å². The van der Waals surface area contributed by atoms with Crippen molar-refractivity contribution in [2.24, 2.45) is 0 Å². The summed E-state index contributed by atoms with van der Waals surface area (Å²) < 4.78 is 7.42. The second kappa shape index (κ2) is 7.98. The average Bonchev–Trinajstić information content (AvgIpc) is 3.29. The Morgan fingerprint density at radius 2 is 2.08 bits per heavy atom. The summed E-state index contributed by atoms with van der Waals surface area (Å²) in [5, 5.41) is 10.9. The van der Waals surface area contributed by atoms with Crippen LogP contribution < -0.4 is 10.1 Å². The first-order chi connectivity index (χ1) is 12.2. The third-order valence-electron chi connectivity index (χ3n) is 4.33. The van der Waals surface area contributed by atoms with Crippen molar-refractivity contribution in [3.05, 3.63) is 54.2 Å². The Labute approximate surface area is 148 Å². The molecule has 0 unspecified atom stereocenters. The molecule has 1 atom stereocenters. The fraction of sp³-hybridized carbons (Fsp3) is 0.368. The molecule has 6 nitrogen and oxygen atoms in total. The lowest BCUT2D eigenvalue weighted by molar-refractivity contribution is 0.415. The zero-order valence-corrected chi connectivity index (χ0v) is 15.0. The second-order valence-electron chi connectivity index (χ2n) is 6.13. The summed E-state index contributed by atoms with van der Waals surface area (Å²) in [7, 11) is 1.67. The molecule has 6 heteroatoms. The van der Waals surface area contributed by atoms with E-state index in [9.17, 15) is 0 Å². The van der Waals surface area contributed by atoms with Crippen molar-refractivity contribution in [1.29, 1.82) is 0 Å². The van der Waals surface area contributed by atoms with Crippen LogP contribution in [-0.4, -0.2) is 32.9 Å². The number of hydrogen-bond donors (Lipinski definition) is 2. The van der Waals surface area contributed by atoms with Gasteiger partial charge in [-0.15, -0.1) is 0 Å². The van der Waals surface area contributed by atoms with Crippen LogP contribution in [0.2, 0.25) is 0 Å². The Bertz CT molecular complexity index is 790. The van der Waals surface area contributed by atoms with Gasteiger partial charge < -0.3 is 14.6 Å². The molecular weight excluding hydrogens is 314 g/mol. The van der Waals surface area contributed by atoms with Crippen LogP contribution in [0.25, 0.3) is 11.3 Å². The lowest BCUT2D eigenvalue weighted by Crippen LogP contribution is -2.30. The lowest BCUT2D eigenvalue weighted by atomic mass is 10.1. The molecule has 0 radical (unpaired) electrons. The number of hydrogen-bond acceptors (Lipinski definition) is 4. The van der Waals surface area contributed by atoms with Gasteiger partial charge in [-0.3, -0.25) is 5.10 Å². The molecule has 0 saturated carbocycles. The highest BCUT2D eigenvalue weighted by Crippen LogP contribution is 2.23. The van der Waals surface area contributed by atoms with E-state index in [-0.39, 0.29) is 0 Å². The van der Waals surface area contributed by atoms with Crippen molar-refractivity contribution in [2.75, 3.05) is 7.11 Å². The Hall–Kier alpha value is -2.60. The number of nitrogens with zero attached hydrogens (tertiary/aromatic N) is 3. The van der Waals surface area contributed by atoms with Crippen molar-refractivity contribution < 1.29 is 4.74 Å². The Morgan fingerprint density at radius 3 is 2.80 bits per heavy atom. The van der Waals surface area contributed by atoms with E-state index in [0.717, 1.165) is 47.9 Å². The van der Waals surface area contributed by atoms with Crippen molar-refractivity contribution in [2.45, 2.75) is 39.4 Å². The van der Waals surface area contributed by atoms with Crippen molar-refractivity contribution in [3.63, 3.8) is 0 Å². The highest BCUT2D eigenvalue weighted by atomic mass is 16.5. The third-order valence-corrected chi connectivity index (χ3v) is 4.33. The summed E-state index contributed by atoms with van der Waals surface area (Å²) in [4.78, 5) is 4.38. The first-order valence-electron chi connectivity index (χ1n) is 8.61. The van der Waals surface area contributed by atoms with Crippen molar-refractivity contribution in [3.8, 4) is 17.0 Å². The highest BCUT2D eigenvalue weighted by Gasteiger charge is 2.11. The number of ether oxygens (including phenoxy) is 1. The predicted octanol–water partition coefficient (Wildman–Crippen LogP) is 3.02. The van der Waals surface area contributed by atoms with Gasteiger partial charge in [-0.1, -0.05) is 6.92 Å². The van der Waals surface area contributed by atoms with E-state index in [1.54, 1.807) is 7.11 Å². The summed E-state index contributed by atoms with van der Waals surface area (Å²) in [6.45, 7) is 5.98. The third kappa shape index (κ3) is 4.09. The van der Waals surface area contributed by atoms with E-state index in [1.165, 1.54) is 0 Å². The topological polar surface area (TPSA) is 67.8 Å². The maximum atomic E-state index is 5.22. The van der Waals surface area contributed by atoms with Crippen LogP contribution in [0.5, 0.6) is 5.75 Å². The molecule has 0 aliphatic heterocycles. The summed E-state index contributed by atoms with van der Waals surface area (Å²) in [6.07, 6.45) is 6.73. The summed E-state index contributed by atoms with van der Waals surface area (Å²) >= 11 is 0. The Morgan fingerprint density at radius 1 is 1.28 bits per heavy atom. The molecule has 0 bridgehead atoms.